The zero-order valence-corrected chi connectivity index (χ0v) is 16.9. The van der Waals surface area contributed by atoms with Crippen molar-refractivity contribution in [3.05, 3.63) is 64.6 Å². The van der Waals surface area contributed by atoms with Gasteiger partial charge in [-0.25, -0.2) is 9.69 Å². The minimum atomic E-state index is -4.62. The summed E-state index contributed by atoms with van der Waals surface area (Å²) in [5.74, 6) is -1.74. The second-order valence-corrected chi connectivity index (χ2v) is 7.45. The van der Waals surface area contributed by atoms with E-state index in [0.29, 0.717) is 22.2 Å². The van der Waals surface area contributed by atoms with Gasteiger partial charge in [-0.15, -0.1) is 0 Å². The lowest BCUT2D eigenvalue weighted by atomic mass is 10.1. The van der Waals surface area contributed by atoms with Gasteiger partial charge in [0.1, 0.15) is 5.75 Å². The third kappa shape index (κ3) is 4.91. The van der Waals surface area contributed by atoms with E-state index in [2.05, 4.69) is 0 Å². The molecule has 0 spiro atoms. The first kappa shape index (κ1) is 22.4. The van der Waals surface area contributed by atoms with Gasteiger partial charge < -0.3 is 9.84 Å². The number of rotatable bonds is 6. The molecule has 2 amide bonds. The Morgan fingerprint density at radius 2 is 1.90 bits per heavy atom. The first-order valence-electron chi connectivity index (χ1n) is 9.05. The molecule has 31 heavy (non-hydrogen) atoms. The quantitative estimate of drug-likeness (QED) is 0.609. The van der Waals surface area contributed by atoms with Gasteiger partial charge in [0.05, 0.1) is 16.2 Å². The van der Waals surface area contributed by atoms with Gasteiger partial charge >= 0.3 is 12.1 Å². The fourth-order valence-corrected chi connectivity index (χ4v) is 3.65. The maximum absolute atomic E-state index is 13.0. The number of carboxylic acids is 1. The molecule has 162 valence electrons. The Balaban J connectivity index is 1.93. The standard InChI is InChI=1S/C21H16F3NO5S/c1-2-15(19(27)28)30-16-9-4-3-6-12(16)10-17-18(26)25(20(29)31-17)14-8-5-7-13(11-14)21(22,23)24/h3-11,15H,2H2,1H3,(H,27,28)/b17-10+. The molecule has 1 fully saturated rings. The van der Waals surface area contributed by atoms with Gasteiger partial charge in [-0.05, 0) is 48.5 Å². The zero-order chi connectivity index (χ0) is 22.8. The van der Waals surface area contributed by atoms with E-state index in [1.807, 2.05) is 0 Å². The lowest BCUT2D eigenvalue weighted by Gasteiger charge is -2.15. The highest BCUT2D eigenvalue weighted by Crippen LogP contribution is 2.39. The molecule has 1 aliphatic heterocycles. The highest BCUT2D eigenvalue weighted by molar-refractivity contribution is 8.19. The number of nitrogens with zero attached hydrogens (tertiary/aromatic N) is 1. The highest BCUT2D eigenvalue weighted by atomic mass is 32.2. The summed E-state index contributed by atoms with van der Waals surface area (Å²) in [6, 6.07) is 10.3. The number of amides is 2. The van der Waals surface area contributed by atoms with Crippen molar-refractivity contribution in [3.8, 4) is 5.75 Å². The van der Waals surface area contributed by atoms with Crippen LogP contribution in [0.4, 0.5) is 23.7 Å². The number of ether oxygens (including phenoxy) is 1. The molecule has 3 rings (SSSR count). The van der Waals surface area contributed by atoms with E-state index in [1.165, 1.54) is 18.2 Å². The van der Waals surface area contributed by atoms with Gasteiger partial charge in [0.2, 0.25) is 0 Å². The van der Waals surface area contributed by atoms with Crippen molar-refractivity contribution >= 4 is 40.6 Å². The summed E-state index contributed by atoms with van der Waals surface area (Å²) in [6.45, 7) is 1.64. The largest absolute Gasteiger partial charge is 0.479 e. The summed E-state index contributed by atoms with van der Waals surface area (Å²) in [4.78, 5) is 37.1. The van der Waals surface area contributed by atoms with E-state index in [9.17, 15) is 32.7 Å². The third-order valence-corrected chi connectivity index (χ3v) is 5.22. The zero-order valence-electron chi connectivity index (χ0n) is 16.1. The van der Waals surface area contributed by atoms with Crippen LogP contribution in [0.2, 0.25) is 0 Å². The van der Waals surface area contributed by atoms with Crippen LogP contribution < -0.4 is 9.64 Å². The Bertz CT molecular complexity index is 1070. The smallest absolute Gasteiger partial charge is 0.416 e. The van der Waals surface area contributed by atoms with Gasteiger partial charge in [-0.1, -0.05) is 31.2 Å². The number of alkyl halides is 3. The van der Waals surface area contributed by atoms with Crippen molar-refractivity contribution in [1.82, 2.24) is 0 Å². The molecule has 1 aliphatic rings. The van der Waals surface area contributed by atoms with E-state index >= 15 is 0 Å². The number of imide groups is 1. The molecule has 1 atom stereocenters. The monoisotopic (exact) mass is 451 g/mol. The molecule has 2 aromatic rings. The van der Waals surface area contributed by atoms with Crippen LogP contribution in [-0.2, 0) is 15.8 Å². The molecule has 0 radical (unpaired) electrons. The van der Waals surface area contributed by atoms with E-state index in [0.717, 1.165) is 18.2 Å². The van der Waals surface area contributed by atoms with Gasteiger partial charge in [-0.2, -0.15) is 13.2 Å². The minimum absolute atomic E-state index is 0.0261. The van der Waals surface area contributed by atoms with Crippen LogP contribution in [0.5, 0.6) is 5.75 Å². The van der Waals surface area contributed by atoms with Crippen molar-refractivity contribution in [2.24, 2.45) is 0 Å². The molecule has 0 aliphatic carbocycles. The second-order valence-electron chi connectivity index (χ2n) is 6.46. The molecule has 1 saturated heterocycles. The molecule has 1 N–H and O–H groups in total. The maximum atomic E-state index is 13.0. The van der Waals surface area contributed by atoms with Crippen LogP contribution in [0.3, 0.4) is 0 Å². The SMILES string of the molecule is CCC(Oc1ccccc1/C=C1/SC(=O)N(c2cccc(C(F)(F)F)c2)C1=O)C(=O)O. The number of anilines is 1. The van der Waals surface area contributed by atoms with Crippen LogP contribution in [0, 0.1) is 0 Å². The van der Waals surface area contributed by atoms with E-state index in [-0.39, 0.29) is 22.8 Å². The minimum Gasteiger partial charge on any atom is -0.479 e. The Labute approximate surface area is 179 Å². The number of para-hydroxylation sites is 1. The highest BCUT2D eigenvalue weighted by Gasteiger charge is 2.38. The predicted molar refractivity (Wildman–Crippen MR) is 109 cm³/mol. The van der Waals surface area contributed by atoms with Gasteiger partial charge in [0, 0.05) is 5.56 Å². The normalized spacial score (nSPS) is 16.6. The number of carbonyl (C=O) groups excluding carboxylic acids is 2. The topological polar surface area (TPSA) is 83.9 Å². The van der Waals surface area contributed by atoms with Gasteiger partial charge in [-0.3, -0.25) is 9.59 Å². The molecule has 0 saturated carbocycles. The van der Waals surface area contributed by atoms with Crippen LogP contribution in [-0.4, -0.2) is 28.3 Å². The summed E-state index contributed by atoms with van der Waals surface area (Å²) in [5, 5.41) is 8.45. The lowest BCUT2D eigenvalue weighted by Crippen LogP contribution is -2.28. The number of hydrogen-bond acceptors (Lipinski definition) is 5. The third-order valence-electron chi connectivity index (χ3n) is 4.35. The van der Waals surface area contributed by atoms with E-state index < -0.39 is 35.0 Å². The molecular formula is C21H16F3NO5S. The van der Waals surface area contributed by atoms with Crippen molar-refractivity contribution < 1.29 is 37.4 Å². The molecule has 1 heterocycles. The number of benzene rings is 2. The summed E-state index contributed by atoms with van der Waals surface area (Å²) < 4.78 is 44.5. The van der Waals surface area contributed by atoms with Crippen LogP contribution in [0.25, 0.3) is 6.08 Å². The number of carbonyl (C=O) groups is 3. The van der Waals surface area contributed by atoms with Crippen molar-refractivity contribution in [1.29, 1.82) is 0 Å². The molecule has 0 aromatic heterocycles. The van der Waals surface area contributed by atoms with Crippen LogP contribution in [0.1, 0.15) is 24.5 Å². The van der Waals surface area contributed by atoms with Crippen molar-refractivity contribution in [2.45, 2.75) is 25.6 Å². The van der Waals surface area contributed by atoms with Crippen molar-refractivity contribution in [2.75, 3.05) is 4.90 Å². The van der Waals surface area contributed by atoms with Crippen molar-refractivity contribution in [3.63, 3.8) is 0 Å². The number of carboxylic acid groups (broad SMARTS) is 1. The molecule has 10 heteroatoms. The Morgan fingerprint density at radius 1 is 1.19 bits per heavy atom. The summed E-state index contributed by atoms with van der Waals surface area (Å²) in [5.41, 5.74) is -0.815. The number of aliphatic carboxylic acids is 1. The summed E-state index contributed by atoms with van der Waals surface area (Å²) >= 11 is 0.570. The van der Waals surface area contributed by atoms with E-state index in [4.69, 9.17) is 4.74 Å². The van der Waals surface area contributed by atoms with Gasteiger partial charge in [0.15, 0.2) is 6.10 Å². The lowest BCUT2D eigenvalue weighted by molar-refractivity contribution is -0.145. The molecule has 6 nitrogen and oxygen atoms in total. The second kappa shape index (κ2) is 8.84. The van der Waals surface area contributed by atoms with Crippen LogP contribution in [0.15, 0.2) is 53.4 Å². The summed E-state index contributed by atoms with van der Waals surface area (Å²) in [6.07, 6.45) is -4.17. The summed E-state index contributed by atoms with van der Waals surface area (Å²) in [7, 11) is 0. The fourth-order valence-electron chi connectivity index (χ4n) is 2.82. The van der Waals surface area contributed by atoms with Crippen LogP contribution >= 0.6 is 11.8 Å². The maximum Gasteiger partial charge on any atom is 0.416 e. The predicted octanol–water partition coefficient (Wildman–Crippen LogP) is 5.19. The molecule has 0 bridgehead atoms. The average molecular weight is 451 g/mol. The van der Waals surface area contributed by atoms with E-state index in [1.54, 1.807) is 25.1 Å². The molecule has 2 aromatic carbocycles. The number of halogens is 3. The Kier molecular flexibility index (Phi) is 6.40. The number of hydrogen-bond donors (Lipinski definition) is 1. The Morgan fingerprint density at radius 3 is 2.55 bits per heavy atom. The fraction of sp³-hybridized carbons (Fsp3) is 0.190. The number of thioether (sulfide) groups is 1. The molecule has 1 unspecified atom stereocenters. The first-order valence-corrected chi connectivity index (χ1v) is 9.87. The average Bonchev–Trinajstić information content (AvgIpc) is 2.99. The first-order chi connectivity index (χ1) is 14.6. The molecular weight excluding hydrogens is 435 g/mol. The van der Waals surface area contributed by atoms with Gasteiger partial charge in [0.25, 0.3) is 11.1 Å². The Hall–Kier alpha value is -3.27.